The molecule has 1 fully saturated rings. The number of hydrogen-bond donors (Lipinski definition) is 1. The highest BCUT2D eigenvalue weighted by atomic mass is 16.2. The summed E-state index contributed by atoms with van der Waals surface area (Å²) in [5.41, 5.74) is 1.36. The number of para-hydroxylation sites is 1. The quantitative estimate of drug-likeness (QED) is 0.850. The zero-order chi connectivity index (χ0) is 16.6. The third-order valence-corrected chi connectivity index (χ3v) is 5.03. The van der Waals surface area contributed by atoms with Crippen LogP contribution >= 0.6 is 0 Å². The van der Waals surface area contributed by atoms with Gasteiger partial charge >= 0.3 is 0 Å². The van der Waals surface area contributed by atoms with E-state index in [4.69, 9.17) is 0 Å². The summed E-state index contributed by atoms with van der Waals surface area (Å²) < 4.78 is 0. The Morgan fingerprint density at radius 3 is 2.65 bits per heavy atom. The van der Waals surface area contributed by atoms with Gasteiger partial charge < -0.3 is 10.2 Å². The highest BCUT2D eigenvalue weighted by molar-refractivity contribution is 6.14. The van der Waals surface area contributed by atoms with Crippen molar-refractivity contribution in [2.24, 2.45) is 11.3 Å². The van der Waals surface area contributed by atoms with Crippen LogP contribution in [-0.4, -0.2) is 24.4 Å². The van der Waals surface area contributed by atoms with E-state index in [1.165, 1.54) is 5.56 Å². The first kappa shape index (κ1) is 16.0. The molecule has 0 saturated heterocycles. The van der Waals surface area contributed by atoms with Gasteiger partial charge in [0.2, 0.25) is 11.8 Å². The lowest BCUT2D eigenvalue weighted by Crippen LogP contribution is -2.47. The van der Waals surface area contributed by atoms with Crippen molar-refractivity contribution in [1.29, 1.82) is 0 Å². The summed E-state index contributed by atoms with van der Waals surface area (Å²) in [6.45, 7) is 6.97. The molecule has 1 heterocycles. The first-order valence-corrected chi connectivity index (χ1v) is 8.65. The van der Waals surface area contributed by atoms with E-state index in [2.05, 4.69) is 32.2 Å². The number of benzene rings is 1. The Bertz CT molecular complexity index is 620. The Morgan fingerprint density at radius 2 is 2.00 bits per heavy atom. The number of carbonyl (C=O) groups excluding carboxylic acids is 2. The standard InChI is InChI=1S/C19H26N2O2/c1-13(2)8-11-20-17(22)19(9-10-19)18(23)21-14(3)12-15-6-4-5-7-16(15)21/h4-7,13-14H,8-12H2,1-3H3,(H,20,22). The molecule has 1 unspecified atom stereocenters. The van der Waals surface area contributed by atoms with Gasteiger partial charge in [0.25, 0.3) is 0 Å². The lowest BCUT2D eigenvalue weighted by Gasteiger charge is -2.27. The van der Waals surface area contributed by atoms with Crippen molar-refractivity contribution in [3.63, 3.8) is 0 Å². The van der Waals surface area contributed by atoms with Crippen LogP contribution in [-0.2, 0) is 16.0 Å². The second-order valence-electron chi connectivity index (χ2n) is 7.38. The summed E-state index contributed by atoms with van der Waals surface area (Å²) in [5.74, 6) is 0.448. The predicted octanol–water partition coefficient (Wildman–Crippen LogP) is 2.91. The smallest absolute Gasteiger partial charge is 0.242 e. The van der Waals surface area contributed by atoms with Crippen molar-refractivity contribution in [2.75, 3.05) is 11.4 Å². The van der Waals surface area contributed by atoms with Gasteiger partial charge in [-0.05, 0) is 50.2 Å². The molecule has 0 radical (unpaired) electrons. The number of anilines is 1. The molecule has 0 spiro atoms. The average molecular weight is 314 g/mol. The summed E-state index contributed by atoms with van der Waals surface area (Å²) in [7, 11) is 0. The van der Waals surface area contributed by atoms with Crippen molar-refractivity contribution < 1.29 is 9.59 Å². The van der Waals surface area contributed by atoms with Crippen molar-refractivity contribution in [2.45, 2.75) is 52.5 Å². The molecule has 1 atom stereocenters. The van der Waals surface area contributed by atoms with Crippen LogP contribution in [0, 0.1) is 11.3 Å². The summed E-state index contributed by atoms with van der Waals surface area (Å²) in [5, 5.41) is 2.97. The fourth-order valence-corrected chi connectivity index (χ4v) is 3.41. The molecule has 4 nitrogen and oxygen atoms in total. The lowest BCUT2D eigenvalue weighted by atomic mass is 10.0. The number of nitrogens with one attached hydrogen (secondary N) is 1. The fourth-order valence-electron chi connectivity index (χ4n) is 3.41. The minimum absolute atomic E-state index is 0.0167. The molecule has 0 aromatic heterocycles. The summed E-state index contributed by atoms with van der Waals surface area (Å²) in [6.07, 6.45) is 3.15. The zero-order valence-corrected chi connectivity index (χ0v) is 14.3. The van der Waals surface area contributed by atoms with Gasteiger partial charge in [0.15, 0.2) is 0 Å². The molecule has 0 bridgehead atoms. The number of hydrogen-bond acceptors (Lipinski definition) is 2. The maximum atomic E-state index is 13.1. The van der Waals surface area contributed by atoms with E-state index in [0.29, 0.717) is 25.3 Å². The molecule has 1 aliphatic carbocycles. The summed E-state index contributed by atoms with van der Waals surface area (Å²) >= 11 is 0. The largest absolute Gasteiger partial charge is 0.355 e. The van der Waals surface area contributed by atoms with Gasteiger partial charge in [-0.15, -0.1) is 0 Å². The third kappa shape index (κ3) is 2.87. The number of amides is 2. The van der Waals surface area contributed by atoms with Crippen molar-refractivity contribution in [1.82, 2.24) is 5.32 Å². The van der Waals surface area contributed by atoms with Crippen LogP contribution < -0.4 is 10.2 Å². The second kappa shape index (κ2) is 5.99. The Balaban J connectivity index is 1.74. The molecule has 4 heteroatoms. The topological polar surface area (TPSA) is 49.4 Å². The highest BCUT2D eigenvalue weighted by Crippen LogP contribution is 2.49. The Kier molecular flexibility index (Phi) is 4.17. The molecular weight excluding hydrogens is 288 g/mol. The predicted molar refractivity (Wildman–Crippen MR) is 91.2 cm³/mol. The first-order chi connectivity index (χ1) is 11.0. The van der Waals surface area contributed by atoms with Gasteiger partial charge in [-0.2, -0.15) is 0 Å². The first-order valence-electron chi connectivity index (χ1n) is 8.65. The van der Waals surface area contributed by atoms with E-state index in [1.54, 1.807) is 0 Å². The SMILES string of the molecule is CC(C)CCNC(=O)C1(C(=O)N2c3ccccc3CC2C)CC1. The number of carbonyl (C=O) groups is 2. The molecule has 1 aliphatic heterocycles. The maximum Gasteiger partial charge on any atom is 0.242 e. The van der Waals surface area contributed by atoms with Crippen molar-refractivity contribution in [3.8, 4) is 0 Å². The number of fused-ring (bicyclic) bond motifs is 1. The maximum absolute atomic E-state index is 13.1. The van der Waals surface area contributed by atoms with E-state index in [0.717, 1.165) is 18.5 Å². The molecule has 1 N–H and O–H groups in total. The number of rotatable bonds is 5. The number of nitrogens with zero attached hydrogens (tertiary/aromatic N) is 1. The zero-order valence-electron chi connectivity index (χ0n) is 14.3. The van der Waals surface area contributed by atoms with E-state index < -0.39 is 5.41 Å². The molecule has 1 aromatic carbocycles. The van der Waals surface area contributed by atoms with Crippen LogP contribution in [0.5, 0.6) is 0 Å². The van der Waals surface area contributed by atoms with Crippen LogP contribution in [0.2, 0.25) is 0 Å². The second-order valence-corrected chi connectivity index (χ2v) is 7.38. The van der Waals surface area contributed by atoms with Crippen LogP contribution in [0.4, 0.5) is 5.69 Å². The van der Waals surface area contributed by atoms with Gasteiger partial charge in [0.05, 0.1) is 0 Å². The molecule has 1 saturated carbocycles. The van der Waals surface area contributed by atoms with E-state index in [-0.39, 0.29) is 17.9 Å². The van der Waals surface area contributed by atoms with Crippen LogP contribution in [0.15, 0.2) is 24.3 Å². The fraction of sp³-hybridized carbons (Fsp3) is 0.579. The Morgan fingerprint density at radius 1 is 1.30 bits per heavy atom. The monoisotopic (exact) mass is 314 g/mol. The summed E-state index contributed by atoms with van der Waals surface area (Å²) in [4.78, 5) is 27.5. The van der Waals surface area contributed by atoms with Crippen molar-refractivity contribution >= 4 is 17.5 Å². The minimum atomic E-state index is -0.817. The van der Waals surface area contributed by atoms with E-state index in [1.807, 2.05) is 23.1 Å². The molecule has 124 valence electrons. The van der Waals surface area contributed by atoms with Crippen LogP contribution in [0.25, 0.3) is 0 Å². The summed E-state index contributed by atoms with van der Waals surface area (Å²) in [6, 6.07) is 8.15. The van der Waals surface area contributed by atoms with Gasteiger partial charge in [0.1, 0.15) is 5.41 Å². The van der Waals surface area contributed by atoms with Crippen molar-refractivity contribution in [3.05, 3.63) is 29.8 Å². The van der Waals surface area contributed by atoms with Crippen LogP contribution in [0.1, 0.15) is 45.6 Å². The van der Waals surface area contributed by atoms with Gasteiger partial charge in [-0.25, -0.2) is 0 Å². The van der Waals surface area contributed by atoms with Gasteiger partial charge in [-0.1, -0.05) is 32.0 Å². The third-order valence-electron chi connectivity index (χ3n) is 5.03. The van der Waals surface area contributed by atoms with Gasteiger partial charge in [0, 0.05) is 18.3 Å². The minimum Gasteiger partial charge on any atom is -0.355 e. The Labute approximate surface area is 138 Å². The van der Waals surface area contributed by atoms with E-state index >= 15 is 0 Å². The van der Waals surface area contributed by atoms with E-state index in [9.17, 15) is 9.59 Å². The average Bonchev–Trinajstić information content (AvgIpc) is 3.24. The molecule has 2 amide bonds. The van der Waals surface area contributed by atoms with Gasteiger partial charge in [-0.3, -0.25) is 9.59 Å². The molecule has 3 rings (SSSR count). The van der Waals surface area contributed by atoms with Crippen LogP contribution in [0.3, 0.4) is 0 Å². The highest BCUT2D eigenvalue weighted by Gasteiger charge is 2.59. The molecule has 1 aromatic rings. The molecule has 23 heavy (non-hydrogen) atoms. The Hall–Kier alpha value is -1.84. The lowest BCUT2D eigenvalue weighted by molar-refractivity contribution is -0.135. The molecule has 2 aliphatic rings. The normalized spacial score (nSPS) is 21.2. The molecular formula is C19H26N2O2.